The minimum atomic E-state index is -0.0598. The largest absolute Gasteiger partial charge is 0.493 e. The van der Waals surface area contributed by atoms with E-state index in [1.54, 1.807) is 14.2 Å². The second-order valence-electron chi connectivity index (χ2n) is 6.83. The third kappa shape index (κ3) is 6.69. The van der Waals surface area contributed by atoms with E-state index in [-0.39, 0.29) is 11.9 Å². The summed E-state index contributed by atoms with van der Waals surface area (Å²) in [4.78, 5) is 16.6. The first-order valence-corrected chi connectivity index (χ1v) is 10.2. The molecule has 2 aromatic rings. The average molecular weight is 413 g/mol. The SMILES string of the molecule is CCOc1cc(NC(=NC)NCc2cccc(C(=O)NC(C)CC)c2)ccc1OC. The molecule has 2 rings (SSSR count). The van der Waals surface area contributed by atoms with Crippen molar-refractivity contribution >= 4 is 17.6 Å². The van der Waals surface area contributed by atoms with Gasteiger partial charge < -0.3 is 25.4 Å². The van der Waals surface area contributed by atoms with Crippen LogP contribution in [0.2, 0.25) is 0 Å². The Labute approximate surface area is 178 Å². The van der Waals surface area contributed by atoms with Crippen molar-refractivity contribution in [2.24, 2.45) is 4.99 Å². The molecule has 3 N–H and O–H groups in total. The van der Waals surface area contributed by atoms with Gasteiger partial charge in [-0.25, -0.2) is 0 Å². The maximum absolute atomic E-state index is 12.3. The molecule has 7 heteroatoms. The smallest absolute Gasteiger partial charge is 0.251 e. The molecule has 0 spiro atoms. The lowest BCUT2D eigenvalue weighted by Crippen LogP contribution is -2.32. The zero-order valence-corrected chi connectivity index (χ0v) is 18.4. The van der Waals surface area contributed by atoms with Gasteiger partial charge in [-0.3, -0.25) is 9.79 Å². The van der Waals surface area contributed by atoms with Crippen LogP contribution in [0.4, 0.5) is 5.69 Å². The highest BCUT2D eigenvalue weighted by atomic mass is 16.5. The molecule has 1 unspecified atom stereocenters. The van der Waals surface area contributed by atoms with E-state index in [4.69, 9.17) is 9.47 Å². The molecule has 2 aromatic carbocycles. The number of ether oxygens (including phenoxy) is 2. The van der Waals surface area contributed by atoms with Crippen LogP contribution in [0.25, 0.3) is 0 Å². The maximum Gasteiger partial charge on any atom is 0.251 e. The fraction of sp³-hybridized carbons (Fsp3) is 0.391. The van der Waals surface area contributed by atoms with Crippen molar-refractivity contribution in [1.29, 1.82) is 0 Å². The van der Waals surface area contributed by atoms with Crippen molar-refractivity contribution in [3.8, 4) is 11.5 Å². The third-order valence-corrected chi connectivity index (χ3v) is 4.59. The average Bonchev–Trinajstić information content (AvgIpc) is 2.77. The number of guanidine groups is 1. The topological polar surface area (TPSA) is 84.0 Å². The van der Waals surface area contributed by atoms with E-state index in [2.05, 4.69) is 20.9 Å². The molecule has 0 saturated carbocycles. The van der Waals surface area contributed by atoms with Gasteiger partial charge in [0.2, 0.25) is 0 Å². The number of hydrogen-bond donors (Lipinski definition) is 3. The number of methoxy groups -OCH3 is 1. The first-order valence-electron chi connectivity index (χ1n) is 10.2. The molecule has 0 fully saturated rings. The van der Waals surface area contributed by atoms with E-state index in [1.165, 1.54) is 0 Å². The number of nitrogens with zero attached hydrogens (tertiary/aromatic N) is 1. The molecular weight excluding hydrogens is 380 g/mol. The number of rotatable bonds is 9. The number of carbonyl (C=O) groups is 1. The minimum absolute atomic E-state index is 0.0598. The van der Waals surface area contributed by atoms with Gasteiger partial charge in [0.05, 0.1) is 13.7 Å². The van der Waals surface area contributed by atoms with Gasteiger partial charge >= 0.3 is 0 Å². The zero-order chi connectivity index (χ0) is 21.9. The molecule has 162 valence electrons. The van der Waals surface area contributed by atoms with Gasteiger partial charge in [0.25, 0.3) is 5.91 Å². The van der Waals surface area contributed by atoms with E-state index >= 15 is 0 Å². The van der Waals surface area contributed by atoms with E-state index in [0.717, 1.165) is 17.7 Å². The van der Waals surface area contributed by atoms with Crippen LogP contribution in [0.1, 0.15) is 43.1 Å². The summed E-state index contributed by atoms with van der Waals surface area (Å²) in [6.45, 7) is 7.04. The maximum atomic E-state index is 12.3. The third-order valence-electron chi connectivity index (χ3n) is 4.59. The van der Waals surface area contributed by atoms with E-state index in [0.29, 0.717) is 36.2 Å². The summed E-state index contributed by atoms with van der Waals surface area (Å²) in [6, 6.07) is 13.3. The van der Waals surface area contributed by atoms with E-state index in [9.17, 15) is 4.79 Å². The Kier molecular flexibility index (Phi) is 9.00. The summed E-state index contributed by atoms with van der Waals surface area (Å²) < 4.78 is 10.9. The standard InChI is InChI=1S/C23H32N4O3/c1-6-16(3)26-22(28)18-10-8-9-17(13-18)15-25-23(24-4)27-19-11-12-20(29-5)21(14-19)30-7-2/h8-14,16H,6-7,15H2,1-5H3,(H,26,28)(H2,24,25,27). The van der Waals surface area contributed by atoms with Crippen LogP contribution in [0.15, 0.2) is 47.5 Å². The molecular formula is C23H32N4O3. The predicted molar refractivity (Wildman–Crippen MR) is 122 cm³/mol. The van der Waals surface area contributed by atoms with Crippen LogP contribution in [0, 0.1) is 0 Å². The minimum Gasteiger partial charge on any atom is -0.493 e. The van der Waals surface area contributed by atoms with Gasteiger partial charge in [-0.05, 0) is 50.1 Å². The molecule has 0 bridgehead atoms. The van der Waals surface area contributed by atoms with Crippen LogP contribution in [0.3, 0.4) is 0 Å². The summed E-state index contributed by atoms with van der Waals surface area (Å²) in [5.74, 6) is 1.89. The molecule has 0 aliphatic heterocycles. The van der Waals surface area contributed by atoms with Gasteiger partial charge in [0, 0.05) is 37.0 Å². The van der Waals surface area contributed by atoms with Gasteiger partial charge in [-0.2, -0.15) is 0 Å². The first-order chi connectivity index (χ1) is 14.5. The number of hydrogen-bond acceptors (Lipinski definition) is 4. The molecule has 0 saturated heterocycles. The Morgan fingerprint density at radius 2 is 1.93 bits per heavy atom. The van der Waals surface area contributed by atoms with E-state index < -0.39 is 0 Å². The van der Waals surface area contributed by atoms with Gasteiger partial charge in [0.1, 0.15) is 0 Å². The number of carbonyl (C=O) groups excluding carboxylic acids is 1. The van der Waals surface area contributed by atoms with Crippen molar-refractivity contribution in [2.45, 2.75) is 39.8 Å². The Morgan fingerprint density at radius 1 is 1.13 bits per heavy atom. The van der Waals surface area contributed by atoms with Crippen molar-refractivity contribution < 1.29 is 14.3 Å². The van der Waals surface area contributed by atoms with Crippen LogP contribution in [-0.4, -0.2) is 38.7 Å². The fourth-order valence-electron chi connectivity index (χ4n) is 2.76. The van der Waals surface area contributed by atoms with Gasteiger partial charge in [-0.1, -0.05) is 19.1 Å². The highest BCUT2D eigenvalue weighted by Gasteiger charge is 2.10. The highest BCUT2D eigenvalue weighted by Crippen LogP contribution is 2.30. The van der Waals surface area contributed by atoms with Crippen molar-refractivity contribution in [2.75, 3.05) is 26.1 Å². The molecule has 1 amide bonds. The number of nitrogens with one attached hydrogen (secondary N) is 3. The van der Waals surface area contributed by atoms with E-state index in [1.807, 2.05) is 63.2 Å². The quantitative estimate of drug-likeness (QED) is 0.431. The molecule has 0 aliphatic rings. The number of aliphatic imine (C=N–C) groups is 1. The molecule has 0 aliphatic carbocycles. The predicted octanol–water partition coefficient (Wildman–Crippen LogP) is 3.81. The lowest BCUT2D eigenvalue weighted by atomic mass is 10.1. The summed E-state index contributed by atoms with van der Waals surface area (Å²) in [6.07, 6.45) is 0.894. The van der Waals surface area contributed by atoms with Gasteiger partial charge in [-0.15, -0.1) is 0 Å². The monoisotopic (exact) mass is 412 g/mol. The lowest BCUT2D eigenvalue weighted by Gasteiger charge is -2.15. The Balaban J connectivity index is 2.02. The van der Waals surface area contributed by atoms with Crippen molar-refractivity contribution in [1.82, 2.24) is 10.6 Å². The molecule has 0 heterocycles. The van der Waals surface area contributed by atoms with Gasteiger partial charge in [0.15, 0.2) is 17.5 Å². The summed E-state index contributed by atoms with van der Waals surface area (Å²) in [5.41, 5.74) is 2.46. The second-order valence-corrected chi connectivity index (χ2v) is 6.83. The Bertz CT molecular complexity index is 867. The molecule has 7 nitrogen and oxygen atoms in total. The molecule has 0 radical (unpaired) electrons. The summed E-state index contributed by atoms with van der Waals surface area (Å²) in [7, 11) is 3.32. The first kappa shape index (κ1) is 23.1. The number of anilines is 1. The normalized spacial score (nSPS) is 12.1. The molecule has 1 atom stereocenters. The zero-order valence-electron chi connectivity index (χ0n) is 18.4. The Hall–Kier alpha value is -3.22. The van der Waals surface area contributed by atoms with Crippen molar-refractivity contribution in [3.63, 3.8) is 0 Å². The second kappa shape index (κ2) is 11.7. The van der Waals surface area contributed by atoms with Crippen LogP contribution in [0.5, 0.6) is 11.5 Å². The lowest BCUT2D eigenvalue weighted by molar-refractivity contribution is 0.0939. The van der Waals surface area contributed by atoms with Crippen LogP contribution < -0.4 is 25.4 Å². The Morgan fingerprint density at radius 3 is 2.60 bits per heavy atom. The fourth-order valence-corrected chi connectivity index (χ4v) is 2.76. The summed E-state index contributed by atoms with van der Waals surface area (Å²) in [5, 5.41) is 9.50. The van der Waals surface area contributed by atoms with Crippen molar-refractivity contribution in [3.05, 3.63) is 53.6 Å². The van der Waals surface area contributed by atoms with Crippen LogP contribution in [-0.2, 0) is 6.54 Å². The summed E-state index contributed by atoms with van der Waals surface area (Å²) >= 11 is 0. The highest BCUT2D eigenvalue weighted by molar-refractivity contribution is 5.95. The number of amides is 1. The molecule has 30 heavy (non-hydrogen) atoms. The number of benzene rings is 2. The molecule has 0 aromatic heterocycles. The van der Waals surface area contributed by atoms with Crippen LogP contribution >= 0.6 is 0 Å².